The van der Waals surface area contributed by atoms with Gasteiger partial charge in [0.2, 0.25) is 0 Å². The zero-order valence-electron chi connectivity index (χ0n) is 13.8. The van der Waals surface area contributed by atoms with E-state index >= 15 is 0 Å². The molecule has 2 rings (SSSR count). The summed E-state index contributed by atoms with van der Waals surface area (Å²) in [5.41, 5.74) is 1.15. The number of amides is 1. The van der Waals surface area contributed by atoms with Gasteiger partial charge in [-0.1, -0.05) is 0 Å². The Morgan fingerprint density at radius 1 is 1.45 bits per heavy atom. The lowest BCUT2D eigenvalue weighted by Crippen LogP contribution is -2.35. The molecule has 0 aliphatic carbocycles. The smallest absolute Gasteiger partial charge is 0.410 e. The van der Waals surface area contributed by atoms with Gasteiger partial charge in [-0.3, -0.25) is 4.79 Å². The van der Waals surface area contributed by atoms with Crippen molar-refractivity contribution in [2.75, 3.05) is 7.05 Å². The van der Waals surface area contributed by atoms with Crippen molar-refractivity contribution in [3.63, 3.8) is 0 Å². The molecule has 0 unspecified atom stereocenters. The third-order valence-corrected chi connectivity index (χ3v) is 3.36. The Morgan fingerprint density at radius 3 is 2.68 bits per heavy atom. The van der Waals surface area contributed by atoms with Gasteiger partial charge in [0.15, 0.2) is 0 Å². The Labute approximate surface area is 128 Å². The molecule has 120 valence electrons. The van der Waals surface area contributed by atoms with Gasteiger partial charge in [0.25, 0.3) is 5.56 Å². The van der Waals surface area contributed by atoms with Gasteiger partial charge in [0, 0.05) is 24.9 Å². The molecule has 0 radical (unpaired) electrons. The molecule has 0 bridgehead atoms. The van der Waals surface area contributed by atoms with Crippen LogP contribution in [-0.4, -0.2) is 38.2 Å². The fourth-order valence-electron chi connectivity index (χ4n) is 1.96. The van der Waals surface area contributed by atoms with Crippen LogP contribution in [0.15, 0.2) is 17.1 Å². The van der Waals surface area contributed by atoms with Crippen LogP contribution < -0.4 is 5.56 Å². The molecule has 0 aliphatic rings. The van der Waals surface area contributed by atoms with E-state index in [2.05, 4.69) is 10.1 Å². The Kier molecular flexibility index (Phi) is 4.00. The number of aryl methyl sites for hydroxylation is 1. The number of hydrogen-bond acceptors (Lipinski definition) is 4. The maximum Gasteiger partial charge on any atom is 0.410 e. The first-order chi connectivity index (χ1) is 10.1. The van der Waals surface area contributed by atoms with Gasteiger partial charge in [-0.25, -0.2) is 9.31 Å². The number of carbonyl (C=O) groups is 1. The zero-order valence-corrected chi connectivity index (χ0v) is 13.8. The van der Waals surface area contributed by atoms with Crippen molar-refractivity contribution in [3.05, 3.63) is 33.9 Å². The maximum atomic E-state index is 12.1. The predicted molar refractivity (Wildman–Crippen MR) is 83.0 cm³/mol. The highest BCUT2D eigenvalue weighted by molar-refractivity contribution is 5.68. The minimum Gasteiger partial charge on any atom is -0.444 e. The number of H-pyrrole nitrogens is 1. The summed E-state index contributed by atoms with van der Waals surface area (Å²) in [7, 11) is 1.66. The van der Waals surface area contributed by atoms with E-state index in [0.717, 1.165) is 0 Å². The van der Waals surface area contributed by atoms with Gasteiger partial charge in [-0.05, 0) is 34.6 Å². The number of aromatic amines is 1. The third-order valence-electron chi connectivity index (χ3n) is 3.36. The van der Waals surface area contributed by atoms with E-state index in [4.69, 9.17) is 4.74 Å². The Bertz CT molecular complexity index is 754. The average molecular weight is 306 g/mol. The molecule has 7 nitrogen and oxygen atoms in total. The number of hydrogen-bond donors (Lipinski definition) is 1. The molecule has 1 atom stereocenters. The van der Waals surface area contributed by atoms with Crippen LogP contribution in [0.4, 0.5) is 4.79 Å². The maximum absolute atomic E-state index is 12.1. The molecule has 2 heterocycles. The molecule has 2 aromatic heterocycles. The summed E-state index contributed by atoms with van der Waals surface area (Å²) in [6, 6.07) is 1.48. The lowest BCUT2D eigenvalue weighted by molar-refractivity contribution is 0.0230. The van der Waals surface area contributed by atoms with Crippen LogP contribution in [0.5, 0.6) is 0 Å². The molecule has 0 spiro atoms. The van der Waals surface area contributed by atoms with Crippen LogP contribution in [-0.2, 0) is 4.74 Å². The summed E-state index contributed by atoms with van der Waals surface area (Å²) in [4.78, 5) is 28.0. The molecule has 0 aromatic carbocycles. The highest BCUT2D eigenvalue weighted by Gasteiger charge is 2.25. The van der Waals surface area contributed by atoms with Gasteiger partial charge in [-0.15, -0.1) is 0 Å². The summed E-state index contributed by atoms with van der Waals surface area (Å²) < 4.78 is 6.95. The van der Waals surface area contributed by atoms with Crippen LogP contribution in [0.2, 0.25) is 0 Å². The molecule has 0 saturated carbocycles. The fourth-order valence-corrected chi connectivity index (χ4v) is 1.96. The Balaban J connectivity index is 2.27. The number of ether oxygens (including phenoxy) is 1. The van der Waals surface area contributed by atoms with Crippen LogP contribution in [0.3, 0.4) is 0 Å². The predicted octanol–water partition coefficient (Wildman–Crippen LogP) is 2.26. The fraction of sp³-hybridized carbons (Fsp3) is 0.533. The molecule has 1 amide bonds. The van der Waals surface area contributed by atoms with Crippen molar-refractivity contribution in [2.45, 2.75) is 46.3 Å². The lowest BCUT2D eigenvalue weighted by Gasteiger charge is -2.27. The Morgan fingerprint density at radius 2 is 2.09 bits per heavy atom. The second kappa shape index (κ2) is 5.47. The number of aromatic nitrogens is 3. The number of carbonyl (C=O) groups excluding carboxylic acids is 1. The minimum atomic E-state index is -0.549. The molecule has 22 heavy (non-hydrogen) atoms. The van der Waals surface area contributed by atoms with Crippen LogP contribution in [0, 0.1) is 6.92 Å². The van der Waals surface area contributed by atoms with E-state index in [1.807, 2.05) is 27.7 Å². The summed E-state index contributed by atoms with van der Waals surface area (Å²) in [5, 5.41) is 4.41. The standard InChI is InChI=1S/C15H22N4O3/c1-9-8-19-12(16-13(9)20)7-11(17-19)10(2)18(6)14(21)22-15(3,4)5/h7-8,10H,1-6H3,(H,16,20)/t10-/m0/s1. The Hall–Kier alpha value is -2.31. The van der Waals surface area contributed by atoms with Crippen molar-refractivity contribution < 1.29 is 9.53 Å². The second-order valence-corrected chi connectivity index (χ2v) is 6.43. The van der Waals surface area contributed by atoms with Crippen molar-refractivity contribution in [1.29, 1.82) is 0 Å². The van der Waals surface area contributed by atoms with Crippen molar-refractivity contribution >= 4 is 11.7 Å². The number of nitrogens with one attached hydrogen (secondary N) is 1. The van der Waals surface area contributed by atoms with Crippen molar-refractivity contribution in [1.82, 2.24) is 19.5 Å². The number of rotatable bonds is 2. The molecule has 1 N–H and O–H groups in total. The quantitative estimate of drug-likeness (QED) is 0.923. The highest BCUT2D eigenvalue weighted by atomic mass is 16.6. The lowest BCUT2D eigenvalue weighted by atomic mass is 10.2. The van der Waals surface area contributed by atoms with Crippen LogP contribution in [0.25, 0.3) is 5.65 Å². The molecular formula is C15H22N4O3. The summed E-state index contributed by atoms with van der Waals surface area (Å²) in [6.45, 7) is 9.04. The SMILES string of the molecule is Cc1cn2nc([C@H](C)N(C)C(=O)OC(C)(C)C)cc2[nH]c1=O. The number of fused-ring (bicyclic) bond motifs is 1. The molecule has 7 heteroatoms. The first-order valence-electron chi connectivity index (χ1n) is 7.13. The van der Waals surface area contributed by atoms with E-state index in [1.165, 1.54) is 4.90 Å². The van der Waals surface area contributed by atoms with E-state index in [-0.39, 0.29) is 11.6 Å². The van der Waals surface area contributed by atoms with Gasteiger partial charge in [0.1, 0.15) is 11.2 Å². The normalized spacial score (nSPS) is 13.2. The van der Waals surface area contributed by atoms with Gasteiger partial charge in [-0.2, -0.15) is 5.10 Å². The second-order valence-electron chi connectivity index (χ2n) is 6.43. The third kappa shape index (κ3) is 3.29. The number of nitrogens with zero attached hydrogens (tertiary/aromatic N) is 3. The van der Waals surface area contributed by atoms with E-state index in [0.29, 0.717) is 16.9 Å². The highest BCUT2D eigenvalue weighted by Crippen LogP contribution is 2.20. The minimum absolute atomic E-state index is 0.146. The molecule has 0 aliphatic heterocycles. The summed E-state index contributed by atoms with van der Waals surface area (Å²) in [5.74, 6) is 0. The monoisotopic (exact) mass is 306 g/mol. The molecule has 0 fully saturated rings. The van der Waals surface area contributed by atoms with Crippen LogP contribution >= 0.6 is 0 Å². The van der Waals surface area contributed by atoms with Gasteiger partial charge < -0.3 is 14.6 Å². The molecule has 0 saturated heterocycles. The molecule has 2 aromatic rings. The van der Waals surface area contributed by atoms with E-state index in [9.17, 15) is 9.59 Å². The van der Waals surface area contributed by atoms with Crippen molar-refractivity contribution in [3.8, 4) is 0 Å². The largest absolute Gasteiger partial charge is 0.444 e. The van der Waals surface area contributed by atoms with Gasteiger partial charge >= 0.3 is 6.09 Å². The van der Waals surface area contributed by atoms with Gasteiger partial charge in [0.05, 0.1) is 11.7 Å². The average Bonchev–Trinajstić information content (AvgIpc) is 2.78. The van der Waals surface area contributed by atoms with E-state index in [1.54, 1.807) is 30.8 Å². The first-order valence-corrected chi connectivity index (χ1v) is 7.13. The molecular weight excluding hydrogens is 284 g/mol. The summed E-state index contributed by atoms with van der Waals surface area (Å²) >= 11 is 0. The van der Waals surface area contributed by atoms with Crippen molar-refractivity contribution in [2.24, 2.45) is 0 Å². The van der Waals surface area contributed by atoms with Crippen LogP contribution in [0.1, 0.15) is 45.0 Å². The first kappa shape index (κ1) is 16.1. The zero-order chi connectivity index (χ0) is 16.7. The van der Waals surface area contributed by atoms with E-state index < -0.39 is 11.7 Å². The topological polar surface area (TPSA) is 79.7 Å². The summed E-state index contributed by atoms with van der Waals surface area (Å²) in [6.07, 6.45) is 1.25.